The molecule has 90 valence electrons. The van der Waals surface area contributed by atoms with Crippen LogP contribution in [-0.2, 0) is 10.0 Å². The van der Waals surface area contributed by atoms with Crippen molar-refractivity contribution in [3.63, 3.8) is 0 Å². The van der Waals surface area contributed by atoms with E-state index in [0.717, 1.165) is 23.2 Å². The van der Waals surface area contributed by atoms with Gasteiger partial charge >= 0.3 is 0 Å². The molecule has 2 heterocycles. The summed E-state index contributed by atoms with van der Waals surface area (Å²) in [5, 5.41) is 3.18. The largest absolute Gasteiger partial charge is 0.315 e. The van der Waals surface area contributed by atoms with Crippen molar-refractivity contribution < 1.29 is 8.42 Å². The van der Waals surface area contributed by atoms with Crippen molar-refractivity contribution in [2.45, 2.75) is 23.1 Å². The van der Waals surface area contributed by atoms with Gasteiger partial charge in [0.05, 0.1) is 3.79 Å². The van der Waals surface area contributed by atoms with E-state index in [1.165, 1.54) is 11.3 Å². The zero-order valence-corrected chi connectivity index (χ0v) is 11.8. The third-order valence-corrected chi connectivity index (χ3v) is 6.07. The highest BCUT2D eigenvalue weighted by Crippen LogP contribution is 2.26. The minimum atomic E-state index is -3.34. The average molecular weight is 325 g/mol. The lowest BCUT2D eigenvalue weighted by molar-refractivity contribution is 0.429. The first-order valence-corrected chi connectivity index (χ1v) is 8.15. The smallest absolute Gasteiger partial charge is 0.250 e. The number of hydrogen-bond acceptors (Lipinski definition) is 4. The highest BCUT2D eigenvalue weighted by molar-refractivity contribution is 9.11. The lowest BCUT2D eigenvalue weighted by atomic mass is 10.1. The van der Waals surface area contributed by atoms with E-state index in [0.29, 0.717) is 10.8 Å². The van der Waals surface area contributed by atoms with Crippen LogP contribution in [-0.4, -0.2) is 27.5 Å². The van der Waals surface area contributed by atoms with E-state index in [1.54, 1.807) is 12.1 Å². The molecule has 0 aromatic carbocycles. The van der Waals surface area contributed by atoms with Gasteiger partial charge in [0.1, 0.15) is 4.21 Å². The maximum Gasteiger partial charge on any atom is 0.250 e. The van der Waals surface area contributed by atoms with Crippen LogP contribution in [0.1, 0.15) is 12.8 Å². The third kappa shape index (κ3) is 3.04. The van der Waals surface area contributed by atoms with Crippen LogP contribution in [0.4, 0.5) is 0 Å². The van der Waals surface area contributed by atoms with Crippen molar-refractivity contribution in [2.24, 2.45) is 0 Å². The molecule has 1 saturated heterocycles. The molecule has 1 aromatic rings. The molecule has 2 rings (SSSR count). The second-order valence-electron chi connectivity index (χ2n) is 3.72. The maximum atomic E-state index is 12.0. The van der Waals surface area contributed by atoms with Crippen LogP contribution in [0.25, 0.3) is 0 Å². The highest BCUT2D eigenvalue weighted by Gasteiger charge is 2.22. The Morgan fingerprint density at radius 3 is 2.88 bits per heavy atom. The van der Waals surface area contributed by atoms with E-state index in [9.17, 15) is 8.42 Å². The van der Waals surface area contributed by atoms with E-state index >= 15 is 0 Å². The van der Waals surface area contributed by atoms with Gasteiger partial charge in [-0.15, -0.1) is 11.3 Å². The molecule has 16 heavy (non-hydrogen) atoms. The Hall–Kier alpha value is 0.0500. The van der Waals surface area contributed by atoms with Gasteiger partial charge in [-0.25, -0.2) is 13.1 Å². The van der Waals surface area contributed by atoms with Gasteiger partial charge in [0, 0.05) is 12.6 Å². The van der Waals surface area contributed by atoms with E-state index in [4.69, 9.17) is 0 Å². The number of halogens is 1. The quantitative estimate of drug-likeness (QED) is 0.886. The van der Waals surface area contributed by atoms with Crippen LogP contribution in [0, 0.1) is 0 Å². The normalized spacial score (nSPS) is 22.2. The summed E-state index contributed by atoms with van der Waals surface area (Å²) < 4.78 is 27.8. The topological polar surface area (TPSA) is 58.2 Å². The Kier molecular flexibility index (Phi) is 4.01. The molecule has 1 aliphatic rings. The third-order valence-electron chi connectivity index (χ3n) is 2.43. The first-order valence-electron chi connectivity index (χ1n) is 5.06. The molecule has 2 N–H and O–H groups in total. The van der Waals surface area contributed by atoms with Gasteiger partial charge in [0.15, 0.2) is 0 Å². The summed E-state index contributed by atoms with van der Waals surface area (Å²) in [5.41, 5.74) is 0. The van der Waals surface area contributed by atoms with Gasteiger partial charge in [0.2, 0.25) is 10.0 Å². The summed E-state index contributed by atoms with van der Waals surface area (Å²) in [6.45, 7) is 1.69. The molecule has 0 aliphatic carbocycles. The molecular weight excluding hydrogens is 312 g/mol. The minimum Gasteiger partial charge on any atom is -0.315 e. The van der Waals surface area contributed by atoms with E-state index in [-0.39, 0.29) is 6.04 Å². The summed E-state index contributed by atoms with van der Waals surface area (Å²) in [5.74, 6) is 0. The van der Waals surface area contributed by atoms with Crippen molar-refractivity contribution in [1.82, 2.24) is 10.0 Å². The lowest BCUT2D eigenvalue weighted by Gasteiger charge is -2.23. The van der Waals surface area contributed by atoms with E-state index in [2.05, 4.69) is 26.0 Å². The predicted molar refractivity (Wildman–Crippen MR) is 68.2 cm³/mol. The van der Waals surface area contributed by atoms with Crippen LogP contribution in [0.5, 0.6) is 0 Å². The van der Waals surface area contributed by atoms with Crippen molar-refractivity contribution in [1.29, 1.82) is 0 Å². The molecule has 1 aromatic heterocycles. The fourth-order valence-electron chi connectivity index (χ4n) is 1.67. The van der Waals surface area contributed by atoms with Gasteiger partial charge < -0.3 is 5.32 Å². The molecule has 0 saturated carbocycles. The van der Waals surface area contributed by atoms with Crippen molar-refractivity contribution >= 4 is 37.3 Å². The Morgan fingerprint density at radius 1 is 1.50 bits per heavy atom. The SMILES string of the molecule is O=S(=O)(NC1CCCNC1)c1ccc(Br)s1. The molecule has 7 heteroatoms. The molecule has 1 atom stereocenters. The Labute approximate surface area is 108 Å². The monoisotopic (exact) mass is 324 g/mol. The van der Waals surface area contributed by atoms with Gasteiger partial charge in [-0.3, -0.25) is 0 Å². The number of piperidine rings is 1. The number of thiophene rings is 1. The molecule has 0 radical (unpaired) electrons. The molecular formula is C9H13BrN2O2S2. The molecule has 0 bridgehead atoms. The number of rotatable bonds is 3. The van der Waals surface area contributed by atoms with E-state index < -0.39 is 10.0 Å². The molecule has 0 spiro atoms. The molecule has 1 unspecified atom stereocenters. The molecule has 1 fully saturated rings. The zero-order valence-electron chi connectivity index (χ0n) is 8.57. The predicted octanol–water partition coefficient (Wildman–Crippen LogP) is 1.54. The van der Waals surface area contributed by atoms with Crippen LogP contribution >= 0.6 is 27.3 Å². The first kappa shape index (κ1) is 12.5. The summed E-state index contributed by atoms with van der Waals surface area (Å²) in [4.78, 5) is 0. The van der Waals surface area contributed by atoms with Crippen LogP contribution in [0.3, 0.4) is 0 Å². The van der Waals surface area contributed by atoms with Crippen LogP contribution in [0.15, 0.2) is 20.1 Å². The van der Waals surface area contributed by atoms with Crippen LogP contribution in [0.2, 0.25) is 0 Å². The maximum absolute atomic E-state index is 12.0. The average Bonchev–Trinajstić information content (AvgIpc) is 2.66. The van der Waals surface area contributed by atoms with Gasteiger partial charge in [-0.1, -0.05) is 0 Å². The Balaban J connectivity index is 2.07. The fourth-order valence-corrected chi connectivity index (χ4v) is 4.97. The molecule has 0 amide bonds. The summed E-state index contributed by atoms with van der Waals surface area (Å²) >= 11 is 4.49. The summed E-state index contributed by atoms with van der Waals surface area (Å²) in [6, 6.07) is 3.38. The first-order chi connectivity index (χ1) is 7.58. The van der Waals surface area contributed by atoms with Crippen molar-refractivity contribution in [3.05, 3.63) is 15.9 Å². The van der Waals surface area contributed by atoms with Crippen molar-refractivity contribution in [2.75, 3.05) is 13.1 Å². The second kappa shape index (κ2) is 5.14. The standard InChI is InChI=1S/C9H13BrN2O2S2/c10-8-3-4-9(15-8)16(13,14)12-7-2-1-5-11-6-7/h3-4,7,11-12H,1-2,5-6H2. The molecule has 1 aliphatic heterocycles. The van der Waals surface area contributed by atoms with Gasteiger partial charge in [-0.05, 0) is 47.4 Å². The highest BCUT2D eigenvalue weighted by atomic mass is 79.9. The Morgan fingerprint density at radius 2 is 2.31 bits per heavy atom. The van der Waals surface area contributed by atoms with Gasteiger partial charge in [0.25, 0.3) is 0 Å². The molecule has 4 nitrogen and oxygen atoms in total. The summed E-state index contributed by atoms with van der Waals surface area (Å²) in [6.07, 6.45) is 1.92. The van der Waals surface area contributed by atoms with Crippen LogP contribution < -0.4 is 10.0 Å². The van der Waals surface area contributed by atoms with Gasteiger partial charge in [-0.2, -0.15) is 0 Å². The summed E-state index contributed by atoms with van der Waals surface area (Å²) in [7, 11) is -3.34. The van der Waals surface area contributed by atoms with E-state index in [1.807, 2.05) is 0 Å². The number of hydrogen-bond donors (Lipinski definition) is 2. The van der Waals surface area contributed by atoms with Crippen molar-refractivity contribution in [3.8, 4) is 0 Å². The lowest BCUT2D eigenvalue weighted by Crippen LogP contribution is -2.45. The minimum absolute atomic E-state index is 0.0135. The number of nitrogens with one attached hydrogen (secondary N) is 2. The fraction of sp³-hybridized carbons (Fsp3) is 0.556. The Bertz CT molecular complexity index is 452. The number of sulfonamides is 1. The second-order valence-corrected chi connectivity index (χ2v) is 8.13. The zero-order chi connectivity index (χ0) is 11.6.